The first-order valence-electron chi connectivity index (χ1n) is 9.23. The Labute approximate surface area is 164 Å². The summed E-state index contributed by atoms with van der Waals surface area (Å²) < 4.78 is 27.3. The van der Waals surface area contributed by atoms with E-state index in [2.05, 4.69) is 4.98 Å². The van der Waals surface area contributed by atoms with Gasteiger partial charge in [0.25, 0.3) is 11.8 Å². The summed E-state index contributed by atoms with van der Waals surface area (Å²) in [6.45, 7) is 4.45. The van der Waals surface area contributed by atoms with Gasteiger partial charge in [-0.15, -0.1) is 0 Å². The fourth-order valence-electron chi connectivity index (χ4n) is 3.73. The first-order chi connectivity index (χ1) is 13.3. The van der Waals surface area contributed by atoms with E-state index in [4.69, 9.17) is 0 Å². The van der Waals surface area contributed by atoms with Crippen LogP contribution in [0.4, 0.5) is 0 Å². The van der Waals surface area contributed by atoms with Crippen LogP contribution in [0.3, 0.4) is 0 Å². The molecule has 0 N–H and O–H groups in total. The molecule has 1 saturated heterocycles. The van der Waals surface area contributed by atoms with Gasteiger partial charge in [-0.25, -0.2) is 8.42 Å². The molecule has 28 heavy (non-hydrogen) atoms. The number of amides is 2. The van der Waals surface area contributed by atoms with E-state index in [0.717, 1.165) is 10.5 Å². The molecule has 1 unspecified atom stereocenters. The molecule has 2 aromatic rings. The highest BCUT2D eigenvalue weighted by Crippen LogP contribution is 2.29. The zero-order valence-corrected chi connectivity index (χ0v) is 16.5. The number of pyridine rings is 1. The number of imide groups is 1. The lowest BCUT2D eigenvalue weighted by molar-refractivity contribution is 0.0591. The van der Waals surface area contributed by atoms with Crippen molar-refractivity contribution in [2.75, 3.05) is 13.1 Å². The minimum Gasteiger partial charge on any atom is -0.268 e. The maximum Gasteiger partial charge on any atom is 0.280 e. The summed E-state index contributed by atoms with van der Waals surface area (Å²) in [5, 5.41) is 0. The molecule has 1 fully saturated rings. The Morgan fingerprint density at radius 2 is 1.79 bits per heavy atom. The second kappa shape index (κ2) is 6.79. The first-order valence-corrected chi connectivity index (χ1v) is 10.7. The normalized spacial score (nSPS) is 20.2. The van der Waals surface area contributed by atoms with E-state index >= 15 is 0 Å². The Morgan fingerprint density at radius 1 is 1.07 bits per heavy atom. The molecule has 2 aliphatic heterocycles. The van der Waals surface area contributed by atoms with E-state index in [1.165, 1.54) is 10.5 Å². The molecule has 0 bridgehead atoms. The molecule has 2 amide bonds. The van der Waals surface area contributed by atoms with E-state index in [9.17, 15) is 18.0 Å². The maximum atomic E-state index is 13.0. The molecule has 4 rings (SSSR count). The van der Waals surface area contributed by atoms with Crippen molar-refractivity contribution in [2.24, 2.45) is 0 Å². The van der Waals surface area contributed by atoms with Crippen LogP contribution in [-0.4, -0.2) is 53.6 Å². The highest BCUT2D eigenvalue weighted by Gasteiger charge is 2.45. The number of hydrogen-bond donors (Lipinski definition) is 0. The number of carbonyl (C=O) groups is 2. The van der Waals surface area contributed by atoms with E-state index < -0.39 is 27.9 Å². The van der Waals surface area contributed by atoms with Crippen molar-refractivity contribution in [1.82, 2.24) is 14.2 Å². The number of benzene rings is 1. The Kier molecular flexibility index (Phi) is 4.55. The van der Waals surface area contributed by atoms with Crippen molar-refractivity contribution in [3.05, 3.63) is 59.4 Å². The molecule has 146 valence electrons. The molecule has 7 nitrogen and oxygen atoms in total. The van der Waals surface area contributed by atoms with Crippen molar-refractivity contribution in [3.63, 3.8) is 0 Å². The zero-order chi connectivity index (χ0) is 20.1. The van der Waals surface area contributed by atoms with Crippen LogP contribution in [0.2, 0.25) is 0 Å². The summed E-state index contributed by atoms with van der Waals surface area (Å²) in [6, 6.07) is 9.57. The summed E-state index contributed by atoms with van der Waals surface area (Å²) in [5.41, 5.74) is 1.48. The lowest BCUT2D eigenvalue weighted by Crippen LogP contribution is -2.42. The molecule has 0 radical (unpaired) electrons. The topological polar surface area (TPSA) is 87.7 Å². The smallest absolute Gasteiger partial charge is 0.268 e. The van der Waals surface area contributed by atoms with Crippen molar-refractivity contribution in [2.45, 2.75) is 37.1 Å². The van der Waals surface area contributed by atoms with Gasteiger partial charge in [-0.05, 0) is 42.2 Å². The molecular formula is C20H21N3O4S. The third-order valence-corrected chi connectivity index (χ3v) is 7.23. The van der Waals surface area contributed by atoms with Crippen LogP contribution in [0.15, 0.2) is 47.5 Å². The fraction of sp³-hybridized carbons (Fsp3) is 0.350. The number of aromatic nitrogens is 1. The third kappa shape index (κ3) is 2.93. The van der Waals surface area contributed by atoms with Crippen molar-refractivity contribution >= 4 is 21.8 Å². The number of nitrogens with zero attached hydrogens (tertiary/aromatic N) is 3. The minimum absolute atomic E-state index is 0.0970. The van der Waals surface area contributed by atoms with Crippen LogP contribution in [0.5, 0.6) is 0 Å². The largest absolute Gasteiger partial charge is 0.280 e. The highest BCUT2D eigenvalue weighted by atomic mass is 32.2. The van der Waals surface area contributed by atoms with Crippen LogP contribution in [0.1, 0.15) is 52.6 Å². The maximum absolute atomic E-state index is 13.0. The number of hydrogen-bond acceptors (Lipinski definition) is 5. The van der Waals surface area contributed by atoms with Crippen LogP contribution in [0.25, 0.3) is 0 Å². The minimum atomic E-state index is -3.68. The average molecular weight is 399 g/mol. The van der Waals surface area contributed by atoms with Crippen LogP contribution in [0, 0.1) is 0 Å². The third-order valence-electron chi connectivity index (χ3n) is 5.35. The first kappa shape index (κ1) is 18.8. The number of sulfonamides is 1. The molecule has 3 heterocycles. The summed E-state index contributed by atoms with van der Waals surface area (Å²) in [5.74, 6) is -0.542. The van der Waals surface area contributed by atoms with Gasteiger partial charge in [-0.2, -0.15) is 4.31 Å². The zero-order valence-electron chi connectivity index (χ0n) is 15.7. The Balaban J connectivity index is 1.54. The molecule has 0 aliphatic carbocycles. The Hall–Kier alpha value is -2.58. The van der Waals surface area contributed by atoms with Crippen LogP contribution in [-0.2, 0) is 10.0 Å². The number of fused-ring (bicyclic) bond motifs is 1. The average Bonchev–Trinajstić information content (AvgIpc) is 3.26. The predicted octanol–water partition coefficient (Wildman–Crippen LogP) is 2.26. The van der Waals surface area contributed by atoms with Gasteiger partial charge >= 0.3 is 0 Å². The van der Waals surface area contributed by atoms with Gasteiger partial charge in [0.1, 0.15) is 5.69 Å². The summed E-state index contributed by atoms with van der Waals surface area (Å²) in [7, 11) is -3.68. The van der Waals surface area contributed by atoms with Gasteiger partial charge in [0.2, 0.25) is 10.0 Å². The van der Waals surface area contributed by atoms with Gasteiger partial charge < -0.3 is 0 Å². The van der Waals surface area contributed by atoms with Gasteiger partial charge in [-0.1, -0.05) is 26.0 Å². The van der Waals surface area contributed by atoms with E-state index in [0.29, 0.717) is 12.3 Å². The van der Waals surface area contributed by atoms with Crippen molar-refractivity contribution in [1.29, 1.82) is 0 Å². The molecular weight excluding hydrogens is 378 g/mol. The van der Waals surface area contributed by atoms with Gasteiger partial charge in [0, 0.05) is 19.3 Å². The van der Waals surface area contributed by atoms with Crippen molar-refractivity contribution < 1.29 is 18.0 Å². The number of carbonyl (C=O) groups excluding carboxylic acids is 2. The fourth-order valence-corrected chi connectivity index (χ4v) is 5.22. The predicted molar refractivity (Wildman–Crippen MR) is 102 cm³/mol. The van der Waals surface area contributed by atoms with E-state index in [1.807, 2.05) is 26.0 Å². The highest BCUT2D eigenvalue weighted by molar-refractivity contribution is 7.89. The molecule has 0 spiro atoms. The van der Waals surface area contributed by atoms with Crippen LogP contribution < -0.4 is 0 Å². The second-order valence-electron chi connectivity index (χ2n) is 7.41. The van der Waals surface area contributed by atoms with E-state index in [1.54, 1.807) is 24.3 Å². The standard InChI is InChI=1S/C20H21N3O4S/c1-13(2)14-5-7-16(8-6-14)28(26,27)22-11-9-15(12-22)23-19(24)17-4-3-10-21-18(17)20(23)25/h3-8,10,13,15H,9,11-12H2,1-2H3. The Bertz CT molecular complexity index is 1010. The van der Waals surface area contributed by atoms with E-state index in [-0.39, 0.29) is 29.2 Å². The Morgan fingerprint density at radius 3 is 2.43 bits per heavy atom. The monoisotopic (exact) mass is 399 g/mol. The number of rotatable bonds is 4. The SMILES string of the molecule is CC(C)c1ccc(S(=O)(=O)N2CCC(N3C(=O)c4cccnc4C3=O)C2)cc1. The summed E-state index contributed by atoms with van der Waals surface area (Å²) in [4.78, 5) is 30.6. The molecule has 0 saturated carbocycles. The molecule has 8 heteroatoms. The molecule has 1 aromatic heterocycles. The van der Waals surface area contributed by atoms with Crippen LogP contribution >= 0.6 is 0 Å². The van der Waals surface area contributed by atoms with Gasteiger partial charge in [0.05, 0.1) is 16.5 Å². The molecule has 2 aliphatic rings. The van der Waals surface area contributed by atoms with Gasteiger partial charge in [-0.3, -0.25) is 19.5 Å². The van der Waals surface area contributed by atoms with Crippen molar-refractivity contribution in [3.8, 4) is 0 Å². The lowest BCUT2D eigenvalue weighted by Gasteiger charge is -2.22. The lowest BCUT2D eigenvalue weighted by atomic mass is 10.0. The quantitative estimate of drug-likeness (QED) is 0.736. The molecule has 1 atom stereocenters. The molecule has 1 aromatic carbocycles. The second-order valence-corrected chi connectivity index (χ2v) is 9.35. The summed E-state index contributed by atoms with van der Waals surface area (Å²) >= 11 is 0. The summed E-state index contributed by atoms with van der Waals surface area (Å²) in [6.07, 6.45) is 1.88. The van der Waals surface area contributed by atoms with Gasteiger partial charge in [0.15, 0.2) is 0 Å².